The molecule has 0 aliphatic carbocycles. The summed E-state index contributed by atoms with van der Waals surface area (Å²) in [4.78, 5) is 23.9. The Morgan fingerprint density at radius 1 is 1.19 bits per heavy atom. The molecule has 0 spiro atoms. The zero-order valence-corrected chi connectivity index (χ0v) is 13.0. The van der Waals surface area contributed by atoms with Crippen LogP contribution in [-0.4, -0.2) is 18.0 Å². The highest BCUT2D eigenvalue weighted by molar-refractivity contribution is 7.08. The normalized spacial score (nSPS) is 11.8. The Balaban J connectivity index is 2.01. The Morgan fingerprint density at radius 2 is 1.86 bits per heavy atom. The summed E-state index contributed by atoms with van der Waals surface area (Å²) < 4.78 is 5.16. The molecule has 0 aliphatic heterocycles. The average molecular weight is 303 g/mol. The van der Waals surface area contributed by atoms with Crippen molar-refractivity contribution in [1.82, 2.24) is 0 Å². The maximum Gasteiger partial charge on any atom is 0.339 e. The Bertz CT molecular complexity index is 629. The van der Waals surface area contributed by atoms with E-state index in [0.29, 0.717) is 5.56 Å². The molecule has 5 heteroatoms. The predicted octanol–water partition coefficient (Wildman–Crippen LogP) is 3.55. The first-order valence-electron chi connectivity index (χ1n) is 6.59. The van der Waals surface area contributed by atoms with Crippen molar-refractivity contribution in [2.75, 3.05) is 5.32 Å². The number of nitrogens with one attached hydrogen (secondary N) is 1. The van der Waals surface area contributed by atoms with Crippen molar-refractivity contribution in [2.24, 2.45) is 0 Å². The van der Waals surface area contributed by atoms with Gasteiger partial charge in [-0.25, -0.2) is 4.79 Å². The van der Waals surface area contributed by atoms with E-state index in [0.717, 1.165) is 16.8 Å². The number of ether oxygens (including phenoxy) is 1. The molecule has 0 bridgehead atoms. The lowest BCUT2D eigenvalue weighted by Crippen LogP contribution is -2.30. The second-order valence-electron chi connectivity index (χ2n) is 4.82. The van der Waals surface area contributed by atoms with Gasteiger partial charge in [0.15, 0.2) is 6.10 Å². The highest BCUT2D eigenvalue weighted by Gasteiger charge is 2.20. The van der Waals surface area contributed by atoms with Gasteiger partial charge in [-0.2, -0.15) is 11.3 Å². The molecule has 0 unspecified atom stereocenters. The molecule has 21 heavy (non-hydrogen) atoms. The fraction of sp³-hybridized carbons (Fsp3) is 0.250. The second kappa shape index (κ2) is 6.54. The summed E-state index contributed by atoms with van der Waals surface area (Å²) in [6, 6.07) is 7.44. The quantitative estimate of drug-likeness (QED) is 0.879. The molecule has 0 saturated carbocycles. The van der Waals surface area contributed by atoms with Gasteiger partial charge >= 0.3 is 5.97 Å². The molecule has 2 rings (SSSR count). The first-order chi connectivity index (χ1) is 9.99. The standard InChI is InChI=1S/C16H17NO3S/c1-10-5-4-6-11(2)14(10)17-15(18)12(3)20-16(19)13-7-8-21-9-13/h4-9,12H,1-3H3,(H,17,18)/t12-/m0/s1. The third kappa shape index (κ3) is 3.70. The maximum atomic E-state index is 12.1. The number of benzene rings is 1. The van der Waals surface area contributed by atoms with Gasteiger partial charge in [0, 0.05) is 11.1 Å². The Labute approximate surface area is 127 Å². The van der Waals surface area contributed by atoms with Crippen molar-refractivity contribution in [3.8, 4) is 0 Å². The van der Waals surface area contributed by atoms with Crippen LogP contribution in [0.4, 0.5) is 5.69 Å². The molecule has 110 valence electrons. The van der Waals surface area contributed by atoms with Gasteiger partial charge in [0.25, 0.3) is 5.91 Å². The van der Waals surface area contributed by atoms with E-state index in [1.807, 2.05) is 32.0 Å². The largest absolute Gasteiger partial charge is 0.449 e. The SMILES string of the molecule is Cc1cccc(C)c1NC(=O)[C@H](C)OC(=O)c1ccsc1. The summed E-state index contributed by atoms with van der Waals surface area (Å²) in [6.07, 6.45) is -0.851. The zero-order chi connectivity index (χ0) is 15.4. The Hall–Kier alpha value is -2.14. The van der Waals surface area contributed by atoms with E-state index in [1.54, 1.807) is 23.8 Å². The fourth-order valence-electron chi connectivity index (χ4n) is 1.90. The van der Waals surface area contributed by atoms with Crippen LogP contribution in [0.5, 0.6) is 0 Å². The van der Waals surface area contributed by atoms with Crippen LogP contribution in [0.15, 0.2) is 35.0 Å². The van der Waals surface area contributed by atoms with Gasteiger partial charge in [-0.15, -0.1) is 0 Å². The summed E-state index contributed by atoms with van der Waals surface area (Å²) in [6.45, 7) is 5.41. The van der Waals surface area contributed by atoms with Crippen LogP contribution in [0.25, 0.3) is 0 Å². The number of hydrogen-bond donors (Lipinski definition) is 1. The molecule has 1 amide bonds. The van der Waals surface area contributed by atoms with E-state index in [2.05, 4.69) is 5.32 Å². The minimum atomic E-state index is -0.851. The second-order valence-corrected chi connectivity index (χ2v) is 5.60. The van der Waals surface area contributed by atoms with E-state index in [9.17, 15) is 9.59 Å². The smallest absolute Gasteiger partial charge is 0.339 e. The number of carbonyl (C=O) groups excluding carboxylic acids is 2. The number of carbonyl (C=O) groups is 2. The van der Waals surface area contributed by atoms with Crippen LogP contribution in [0.1, 0.15) is 28.4 Å². The van der Waals surface area contributed by atoms with Crippen LogP contribution in [0.3, 0.4) is 0 Å². The van der Waals surface area contributed by atoms with Crippen molar-refractivity contribution in [3.63, 3.8) is 0 Å². The lowest BCUT2D eigenvalue weighted by molar-refractivity contribution is -0.123. The molecule has 0 radical (unpaired) electrons. The van der Waals surface area contributed by atoms with Crippen molar-refractivity contribution in [3.05, 3.63) is 51.7 Å². The number of anilines is 1. The Kier molecular flexibility index (Phi) is 4.75. The number of hydrogen-bond acceptors (Lipinski definition) is 4. The molecule has 0 fully saturated rings. The topological polar surface area (TPSA) is 55.4 Å². The van der Waals surface area contributed by atoms with Crippen molar-refractivity contribution < 1.29 is 14.3 Å². The van der Waals surface area contributed by atoms with Crippen LogP contribution in [-0.2, 0) is 9.53 Å². The highest BCUT2D eigenvalue weighted by atomic mass is 32.1. The predicted molar refractivity (Wildman–Crippen MR) is 83.7 cm³/mol. The molecule has 1 aromatic heterocycles. The summed E-state index contributed by atoms with van der Waals surface area (Å²) in [5.41, 5.74) is 3.17. The molecular formula is C16H17NO3S. The van der Waals surface area contributed by atoms with Gasteiger partial charge in [0.1, 0.15) is 0 Å². The van der Waals surface area contributed by atoms with Gasteiger partial charge in [-0.1, -0.05) is 18.2 Å². The van der Waals surface area contributed by atoms with Crippen molar-refractivity contribution in [1.29, 1.82) is 0 Å². The van der Waals surface area contributed by atoms with Gasteiger partial charge < -0.3 is 10.1 Å². The van der Waals surface area contributed by atoms with Crippen LogP contribution < -0.4 is 5.32 Å². The molecular weight excluding hydrogens is 286 g/mol. The summed E-state index contributed by atoms with van der Waals surface area (Å²) in [5, 5.41) is 6.30. The van der Waals surface area contributed by atoms with Crippen molar-refractivity contribution >= 4 is 28.9 Å². The molecule has 1 atom stereocenters. The monoisotopic (exact) mass is 303 g/mol. The minimum Gasteiger partial charge on any atom is -0.449 e. The van der Waals surface area contributed by atoms with E-state index in [4.69, 9.17) is 4.74 Å². The third-order valence-corrected chi connectivity index (χ3v) is 3.82. The first-order valence-corrected chi connectivity index (χ1v) is 7.53. The van der Waals surface area contributed by atoms with Crippen LogP contribution >= 0.6 is 11.3 Å². The van der Waals surface area contributed by atoms with Crippen LogP contribution in [0, 0.1) is 13.8 Å². The van der Waals surface area contributed by atoms with E-state index >= 15 is 0 Å². The minimum absolute atomic E-state index is 0.337. The molecule has 1 heterocycles. The van der Waals surface area contributed by atoms with Crippen molar-refractivity contribution in [2.45, 2.75) is 26.9 Å². The number of rotatable bonds is 4. The van der Waals surface area contributed by atoms with Gasteiger partial charge in [-0.3, -0.25) is 4.79 Å². The lowest BCUT2D eigenvalue weighted by atomic mass is 10.1. The van der Waals surface area contributed by atoms with E-state index in [1.165, 1.54) is 11.3 Å². The highest BCUT2D eigenvalue weighted by Crippen LogP contribution is 2.20. The molecule has 0 aliphatic rings. The Morgan fingerprint density at radius 3 is 2.43 bits per heavy atom. The van der Waals surface area contributed by atoms with Gasteiger partial charge in [0.2, 0.25) is 0 Å². The first kappa shape index (κ1) is 15.3. The van der Waals surface area contributed by atoms with Gasteiger partial charge in [-0.05, 0) is 43.3 Å². The number of thiophene rings is 1. The third-order valence-electron chi connectivity index (χ3n) is 3.14. The number of esters is 1. The zero-order valence-electron chi connectivity index (χ0n) is 12.2. The number of aryl methyl sites for hydroxylation is 2. The maximum absolute atomic E-state index is 12.1. The summed E-state index contributed by atoms with van der Waals surface area (Å²) >= 11 is 1.41. The summed E-state index contributed by atoms with van der Waals surface area (Å²) in [5.74, 6) is -0.823. The molecule has 1 aromatic carbocycles. The van der Waals surface area contributed by atoms with Crippen LogP contribution in [0.2, 0.25) is 0 Å². The number of amides is 1. The fourth-order valence-corrected chi connectivity index (χ4v) is 2.52. The van der Waals surface area contributed by atoms with E-state index < -0.39 is 12.1 Å². The lowest BCUT2D eigenvalue weighted by Gasteiger charge is -2.16. The summed E-state index contributed by atoms with van der Waals surface area (Å²) in [7, 11) is 0. The number of para-hydroxylation sites is 1. The molecule has 1 N–H and O–H groups in total. The molecule has 0 saturated heterocycles. The average Bonchev–Trinajstić information content (AvgIpc) is 2.97. The molecule has 2 aromatic rings. The molecule has 4 nitrogen and oxygen atoms in total. The van der Waals surface area contributed by atoms with E-state index in [-0.39, 0.29) is 5.91 Å². The van der Waals surface area contributed by atoms with Gasteiger partial charge in [0.05, 0.1) is 5.56 Å².